The summed E-state index contributed by atoms with van der Waals surface area (Å²) in [6.45, 7) is 0.872. The van der Waals surface area contributed by atoms with Crippen molar-refractivity contribution in [2.75, 3.05) is 18.0 Å². The van der Waals surface area contributed by atoms with Crippen molar-refractivity contribution in [2.24, 2.45) is 11.8 Å². The normalized spacial score (nSPS) is 25.2. The number of para-hydroxylation sites is 1. The second kappa shape index (κ2) is 5.89. The summed E-state index contributed by atoms with van der Waals surface area (Å²) in [7, 11) is 0. The van der Waals surface area contributed by atoms with Crippen molar-refractivity contribution in [3.05, 3.63) is 42.0 Å². The van der Waals surface area contributed by atoms with E-state index in [0.717, 1.165) is 12.1 Å². The van der Waals surface area contributed by atoms with Crippen LogP contribution in [0.3, 0.4) is 0 Å². The highest BCUT2D eigenvalue weighted by atomic mass is 16.2. The number of carbonyl (C=O) groups is 3. The Hall–Kier alpha value is -2.43. The molecule has 1 saturated heterocycles. The van der Waals surface area contributed by atoms with Gasteiger partial charge >= 0.3 is 0 Å². The minimum atomic E-state index is -0.217. The van der Waals surface area contributed by atoms with Crippen molar-refractivity contribution in [2.45, 2.75) is 25.7 Å². The molecule has 0 unspecified atom stereocenters. The lowest BCUT2D eigenvalue weighted by molar-refractivity contribution is -0.140. The minimum Gasteiger partial charge on any atom is -0.312 e. The van der Waals surface area contributed by atoms with E-state index in [4.69, 9.17) is 0 Å². The maximum absolute atomic E-state index is 12.6. The Morgan fingerprint density at radius 1 is 1.04 bits per heavy atom. The number of amides is 3. The smallest absolute Gasteiger partial charge is 0.233 e. The van der Waals surface area contributed by atoms with Crippen LogP contribution in [-0.4, -0.2) is 35.7 Å². The van der Waals surface area contributed by atoms with E-state index in [2.05, 4.69) is 0 Å². The molecule has 1 aromatic carbocycles. The van der Waals surface area contributed by atoms with Gasteiger partial charge in [0.2, 0.25) is 17.7 Å². The maximum Gasteiger partial charge on any atom is 0.233 e. The second-order valence-corrected chi connectivity index (χ2v) is 6.66. The number of anilines is 1. The molecule has 24 heavy (non-hydrogen) atoms. The molecular weight excluding hydrogens is 304 g/mol. The maximum atomic E-state index is 12.6. The number of imide groups is 1. The van der Waals surface area contributed by atoms with E-state index in [-0.39, 0.29) is 42.5 Å². The number of hydrogen-bond donors (Lipinski definition) is 0. The van der Waals surface area contributed by atoms with Gasteiger partial charge in [-0.3, -0.25) is 19.3 Å². The number of fused-ring (bicyclic) bond motifs is 2. The number of rotatable bonds is 3. The molecule has 0 aromatic heterocycles. The van der Waals surface area contributed by atoms with Crippen LogP contribution in [0.2, 0.25) is 0 Å². The highest BCUT2D eigenvalue weighted by molar-refractivity contribution is 6.06. The van der Waals surface area contributed by atoms with Crippen molar-refractivity contribution >= 4 is 23.4 Å². The zero-order chi connectivity index (χ0) is 16.7. The third-order valence-electron chi connectivity index (χ3n) is 5.34. The van der Waals surface area contributed by atoms with Crippen molar-refractivity contribution < 1.29 is 14.4 Å². The predicted octanol–water partition coefficient (Wildman–Crippen LogP) is 1.92. The zero-order valence-electron chi connectivity index (χ0n) is 13.5. The average Bonchev–Trinajstić information content (AvgIpc) is 3.14. The molecule has 124 valence electrons. The first-order valence-electron chi connectivity index (χ1n) is 8.55. The van der Waals surface area contributed by atoms with Crippen LogP contribution < -0.4 is 4.90 Å². The van der Waals surface area contributed by atoms with Gasteiger partial charge in [0, 0.05) is 25.2 Å². The van der Waals surface area contributed by atoms with E-state index in [1.165, 1.54) is 10.5 Å². The van der Waals surface area contributed by atoms with Crippen molar-refractivity contribution in [3.8, 4) is 0 Å². The Kier molecular flexibility index (Phi) is 3.71. The largest absolute Gasteiger partial charge is 0.312 e. The first kappa shape index (κ1) is 15.1. The third-order valence-corrected chi connectivity index (χ3v) is 5.34. The molecule has 2 aliphatic heterocycles. The lowest BCUT2D eigenvalue weighted by Gasteiger charge is -2.20. The summed E-state index contributed by atoms with van der Waals surface area (Å²) in [6.07, 6.45) is 6.28. The molecule has 3 amide bonds. The molecule has 1 aliphatic carbocycles. The van der Waals surface area contributed by atoms with Gasteiger partial charge in [-0.25, -0.2) is 0 Å². The Balaban J connectivity index is 1.42. The van der Waals surface area contributed by atoms with Gasteiger partial charge in [-0.1, -0.05) is 30.4 Å². The number of benzene rings is 1. The Morgan fingerprint density at radius 2 is 1.71 bits per heavy atom. The molecule has 3 aliphatic rings. The lowest BCUT2D eigenvalue weighted by Crippen LogP contribution is -2.36. The Labute approximate surface area is 140 Å². The minimum absolute atomic E-state index is 0.0199. The molecule has 1 aromatic rings. The average molecular weight is 324 g/mol. The van der Waals surface area contributed by atoms with Crippen LogP contribution in [0.1, 0.15) is 24.8 Å². The Bertz CT molecular complexity index is 714. The highest BCUT2D eigenvalue weighted by Gasteiger charge is 2.47. The molecule has 4 rings (SSSR count). The molecule has 0 saturated carbocycles. The molecule has 1 fully saturated rings. The van der Waals surface area contributed by atoms with E-state index in [0.29, 0.717) is 19.4 Å². The summed E-state index contributed by atoms with van der Waals surface area (Å²) in [5.41, 5.74) is 2.13. The standard InChI is InChI=1S/C19H20N2O3/c22-17(20-11-9-13-5-1-4-8-16(13)20)10-12-21-18(23)14-6-2-3-7-15(14)19(21)24/h1-5,8,14-15H,6-7,9-12H2/t14-,15+. The molecular formula is C19H20N2O3. The fourth-order valence-corrected chi connectivity index (χ4v) is 4.03. The first-order valence-corrected chi connectivity index (χ1v) is 8.55. The van der Waals surface area contributed by atoms with E-state index in [1.807, 2.05) is 36.4 Å². The number of likely N-dealkylation sites (tertiary alicyclic amines) is 1. The van der Waals surface area contributed by atoms with Gasteiger partial charge in [0.1, 0.15) is 0 Å². The van der Waals surface area contributed by atoms with Crippen LogP contribution in [-0.2, 0) is 20.8 Å². The van der Waals surface area contributed by atoms with Gasteiger partial charge in [-0.2, -0.15) is 0 Å². The summed E-state index contributed by atoms with van der Waals surface area (Å²) in [5, 5.41) is 0. The summed E-state index contributed by atoms with van der Waals surface area (Å²) < 4.78 is 0. The predicted molar refractivity (Wildman–Crippen MR) is 89.2 cm³/mol. The van der Waals surface area contributed by atoms with Crippen LogP contribution in [0, 0.1) is 11.8 Å². The highest BCUT2D eigenvalue weighted by Crippen LogP contribution is 2.35. The van der Waals surface area contributed by atoms with E-state index in [9.17, 15) is 14.4 Å². The lowest BCUT2D eigenvalue weighted by atomic mass is 9.85. The fourth-order valence-electron chi connectivity index (χ4n) is 4.03. The van der Waals surface area contributed by atoms with Crippen molar-refractivity contribution in [3.63, 3.8) is 0 Å². The number of carbonyl (C=O) groups excluding carboxylic acids is 3. The molecule has 0 N–H and O–H groups in total. The van der Waals surface area contributed by atoms with Gasteiger partial charge < -0.3 is 4.90 Å². The van der Waals surface area contributed by atoms with Crippen LogP contribution in [0.4, 0.5) is 5.69 Å². The van der Waals surface area contributed by atoms with Gasteiger partial charge in [0.15, 0.2) is 0 Å². The Morgan fingerprint density at radius 3 is 2.42 bits per heavy atom. The van der Waals surface area contributed by atoms with Gasteiger partial charge in [0.05, 0.1) is 11.8 Å². The molecule has 2 atom stereocenters. The zero-order valence-corrected chi connectivity index (χ0v) is 13.5. The monoisotopic (exact) mass is 324 g/mol. The van der Waals surface area contributed by atoms with Gasteiger partial charge in [-0.15, -0.1) is 0 Å². The van der Waals surface area contributed by atoms with Crippen LogP contribution in [0.25, 0.3) is 0 Å². The number of allylic oxidation sites excluding steroid dienone is 2. The fraction of sp³-hybridized carbons (Fsp3) is 0.421. The molecule has 2 heterocycles. The third kappa shape index (κ3) is 2.35. The second-order valence-electron chi connectivity index (χ2n) is 6.66. The number of nitrogens with zero attached hydrogens (tertiary/aromatic N) is 2. The van der Waals surface area contributed by atoms with Crippen molar-refractivity contribution in [1.82, 2.24) is 4.90 Å². The molecule has 0 radical (unpaired) electrons. The summed E-state index contributed by atoms with van der Waals surface area (Å²) >= 11 is 0. The molecule has 5 nitrogen and oxygen atoms in total. The van der Waals surface area contributed by atoms with Crippen LogP contribution >= 0.6 is 0 Å². The van der Waals surface area contributed by atoms with Gasteiger partial charge in [-0.05, 0) is 30.9 Å². The summed E-state index contributed by atoms with van der Waals surface area (Å²) in [6, 6.07) is 7.89. The quantitative estimate of drug-likeness (QED) is 0.630. The number of hydrogen-bond acceptors (Lipinski definition) is 3. The topological polar surface area (TPSA) is 57.7 Å². The molecule has 5 heteroatoms. The first-order chi connectivity index (χ1) is 11.7. The van der Waals surface area contributed by atoms with E-state index < -0.39 is 0 Å². The van der Waals surface area contributed by atoms with Crippen molar-refractivity contribution in [1.29, 1.82) is 0 Å². The van der Waals surface area contributed by atoms with E-state index in [1.54, 1.807) is 4.90 Å². The summed E-state index contributed by atoms with van der Waals surface area (Å²) in [4.78, 5) is 40.5. The summed E-state index contributed by atoms with van der Waals surface area (Å²) in [5.74, 6) is -0.670. The molecule has 0 bridgehead atoms. The van der Waals surface area contributed by atoms with Crippen LogP contribution in [0.5, 0.6) is 0 Å². The van der Waals surface area contributed by atoms with E-state index >= 15 is 0 Å². The van der Waals surface area contributed by atoms with Gasteiger partial charge in [0.25, 0.3) is 0 Å². The SMILES string of the molecule is O=C1[C@H]2CC=CC[C@H]2C(=O)N1CCC(=O)N1CCc2ccccc21. The van der Waals surface area contributed by atoms with Crippen LogP contribution in [0.15, 0.2) is 36.4 Å². The molecule has 0 spiro atoms.